The van der Waals surface area contributed by atoms with E-state index in [9.17, 15) is 4.39 Å². The Hall–Kier alpha value is -0.890. The third-order valence-corrected chi connectivity index (χ3v) is 5.45. The lowest BCUT2D eigenvalue weighted by atomic mass is 9.80. The van der Waals surface area contributed by atoms with E-state index >= 15 is 0 Å². The molecule has 110 valence electrons. The molecule has 2 saturated carbocycles. The quantitative estimate of drug-likeness (QED) is 0.826. The molecule has 0 saturated heterocycles. The Labute approximate surface area is 122 Å². The lowest BCUT2D eigenvalue weighted by Gasteiger charge is -2.27. The van der Waals surface area contributed by atoms with Crippen molar-refractivity contribution in [3.63, 3.8) is 0 Å². The van der Waals surface area contributed by atoms with Crippen LogP contribution in [0.1, 0.15) is 37.7 Å². The van der Waals surface area contributed by atoms with Gasteiger partial charge in [-0.05, 0) is 87.1 Å². The molecule has 2 fully saturated rings. The molecule has 0 radical (unpaired) electrons. The number of hydrogen-bond donors (Lipinski definition) is 1. The number of halogens is 1. The predicted octanol–water partition coefficient (Wildman–Crippen LogP) is 4.03. The third kappa shape index (κ3) is 3.22. The van der Waals surface area contributed by atoms with E-state index in [0.29, 0.717) is 5.92 Å². The molecule has 2 aliphatic rings. The molecule has 0 spiro atoms. The van der Waals surface area contributed by atoms with Crippen LogP contribution in [-0.4, -0.2) is 13.6 Å². The highest BCUT2D eigenvalue weighted by atomic mass is 19.1. The summed E-state index contributed by atoms with van der Waals surface area (Å²) in [5.74, 6) is 3.55. The summed E-state index contributed by atoms with van der Waals surface area (Å²) in [6, 6.07) is 7.06. The van der Waals surface area contributed by atoms with Gasteiger partial charge in [-0.2, -0.15) is 0 Å². The molecule has 0 heterocycles. The largest absolute Gasteiger partial charge is 0.319 e. The highest BCUT2D eigenvalue weighted by molar-refractivity contribution is 5.16. The molecule has 2 aliphatic carbocycles. The second-order valence-corrected chi connectivity index (χ2v) is 6.92. The second kappa shape index (κ2) is 6.26. The Morgan fingerprint density at radius 3 is 2.60 bits per heavy atom. The van der Waals surface area contributed by atoms with Gasteiger partial charge >= 0.3 is 0 Å². The van der Waals surface area contributed by atoms with Gasteiger partial charge in [-0.1, -0.05) is 18.6 Å². The fraction of sp³-hybridized carbons (Fsp3) is 0.667. The molecule has 0 aromatic heterocycles. The summed E-state index contributed by atoms with van der Waals surface area (Å²) < 4.78 is 13.0. The Bertz CT molecular complexity index is 428. The average Bonchev–Trinajstić information content (AvgIpc) is 3.04. The van der Waals surface area contributed by atoms with Crippen LogP contribution in [0, 0.1) is 29.5 Å². The lowest BCUT2D eigenvalue weighted by Crippen LogP contribution is -2.25. The summed E-state index contributed by atoms with van der Waals surface area (Å²) in [6.07, 6.45) is 8.34. The minimum absolute atomic E-state index is 0.132. The summed E-state index contributed by atoms with van der Waals surface area (Å²) in [6.45, 7) is 1.07. The van der Waals surface area contributed by atoms with Gasteiger partial charge in [-0.3, -0.25) is 0 Å². The van der Waals surface area contributed by atoms with Gasteiger partial charge in [0.1, 0.15) is 5.82 Å². The monoisotopic (exact) mass is 275 g/mol. The van der Waals surface area contributed by atoms with Crippen LogP contribution in [0.15, 0.2) is 24.3 Å². The molecule has 0 amide bonds. The van der Waals surface area contributed by atoms with Crippen molar-refractivity contribution in [2.45, 2.75) is 38.5 Å². The Kier molecular flexibility index (Phi) is 4.40. The average molecular weight is 275 g/mol. The first-order valence-electron chi connectivity index (χ1n) is 8.13. The van der Waals surface area contributed by atoms with Gasteiger partial charge in [-0.25, -0.2) is 4.39 Å². The maximum Gasteiger partial charge on any atom is 0.123 e. The van der Waals surface area contributed by atoms with Crippen molar-refractivity contribution in [3.8, 4) is 0 Å². The van der Waals surface area contributed by atoms with Crippen LogP contribution < -0.4 is 5.32 Å². The molecule has 20 heavy (non-hydrogen) atoms. The molecule has 3 rings (SSSR count). The van der Waals surface area contributed by atoms with Gasteiger partial charge in [0, 0.05) is 0 Å². The molecule has 1 aromatic carbocycles. The number of rotatable bonds is 6. The third-order valence-electron chi connectivity index (χ3n) is 5.45. The van der Waals surface area contributed by atoms with E-state index in [0.717, 1.165) is 30.7 Å². The van der Waals surface area contributed by atoms with E-state index in [-0.39, 0.29) is 5.82 Å². The first-order valence-corrected chi connectivity index (χ1v) is 8.13. The van der Waals surface area contributed by atoms with Crippen molar-refractivity contribution >= 4 is 0 Å². The van der Waals surface area contributed by atoms with Gasteiger partial charge in [0.05, 0.1) is 0 Å². The summed E-state index contributed by atoms with van der Waals surface area (Å²) in [5.41, 5.74) is 1.27. The van der Waals surface area contributed by atoms with Gasteiger partial charge in [0.15, 0.2) is 0 Å². The molecule has 2 heteroatoms. The minimum Gasteiger partial charge on any atom is -0.319 e. The highest BCUT2D eigenvalue weighted by Gasteiger charge is 2.39. The van der Waals surface area contributed by atoms with Crippen LogP contribution in [0.4, 0.5) is 4.39 Å². The molecule has 1 N–H and O–H groups in total. The van der Waals surface area contributed by atoms with Crippen molar-refractivity contribution in [2.24, 2.45) is 23.7 Å². The molecular weight excluding hydrogens is 249 g/mol. The van der Waals surface area contributed by atoms with E-state index in [1.807, 2.05) is 19.2 Å². The minimum atomic E-state index is -0.132. The van der Waals surface area contributed by atoms with Crippen LogP contribution in [-0.2, 0) is 6.42 Å². The molecule has 1 aromatic rings. The molecule has 1 nitrogen and oxygen atoms in total. The number of hydrogen-bond acceptors (Lipinski definition) is 1. The lowest BCUT2D eigenvalue weighted by molar-refractivity contribution is 0.263. The zero-order valence-corrected chi connectivity index (χ0v) is 12.4. The van der Waals surface area contributed by atoms with Crippen LogP contribution >= 0.6 is 0 Å². The van der Waals surface area contributed by atoms with Gasteiger partial charge in [-0.15, -0.1) is 0 Å². The molecule has 0 aliphatic heterocycles. The van der Waals surface area contributed by atoms with Crippen LogP contribution in [0.5, 0.6) is 0 Å². The van der Waals surface area contributed by atoms with Crippen molar-refractivity contribution in [1.82, 2.24) is 5.32 Å². The maximum absolute atomic E-state index is 13.0. The first-order chi connectivity index (χ1) is 9.74. The Morgan fingerprint density at radius 2 is 2.00 bits per heavy atom. The number of fused-ring (bicyclic) bond motifs is 2. The summed E-state index contributed by atoms with van der Waals surface area (Å²) in [4.78, 5) is 0. The fourth-order valence-electron chi connectivity index (χ4n) is 4.57. The van der Waals surface area contributed by atoms with Gasteiger partial charge < -0.3 is 5.32 Å². The van der Waals surface area contributed by atoms with Crippen molar-refractivity contribution in [3.05, 3.63) is 35.6 Å². The number of nitrogens with one attached hydrogen (secondary N) is 1. The van der Waals surface area contributed by atoms with E-state index in [1.54, 1.807) is 12.1 Å². The maximum atomic E-state index is 13.0. The van der Waals surface area contributed by atoms with E-state index in [1.165, 1.54) is 37.7 Å². The van der Waals surface area contributed by atoms with Crippen molar-refractivity contribution < 1.29 is 4.39 Å². The van der Waals surface area contributed by atoms with Crippen LogP contribution in [0.25, 0.3) is 0 Å². The SMILES string of the molecule is CNCC(Cc1ccc(F)cc1)CC1CC2CCC1C2. The van der Waals surface area contributed by atoms with Crippen LogP contribution in [0.3, 0.4) is 0 Å². The van der Waals surface area contributed by atoms with E-state index in [2.05, 4.69) is 5.32 Å². The fourth-order valence-corrected chi connectivity index (χ4v) is 4.57. The summed E-state index contributed by atoms with van der Waals surface area (Å²) >= 11 is 0. The molecular formula is C18H26FN. The van der Waals surface area contributed by atoms with E-state index in [4.69, 9.17) is 0 Å². The molecule has 4 unspecified atom stereocenters. The Morgan fingerprint density at radius 1 is 1.20 bits per heavy atom. The molecule has 4 atom stereocenters. The van der Waals surface area contributed by atoms with Gasteiger partial charge in [0.2, 0.25) is 0 Å². The Balaban J connectivity index is 1.59. The number of benzene rings is 1. The van der Waals surface area contributed by atoms with Gasteiger partial charge in [0.25, 0.3) is 0 Å². The zero-order chi connectivity index (χ0) is 13.9. The zero-order valence-electron chi connectivity index (χ0n) is 12.4. The van der Waals surface area contributed by atoms with Crippen LogP contribution in [0.2, 0.25) is 0 Å². The second-order valence-electron chi connectivity index (χ2n) is 6.92. The summed E-state index contributed by atoms with van der Waals surface area (Å²) in [7, 11) is 2.04. The topological polar surface area (TPSA) is 12.0 Å². The predicted molar refractivity (Wildman–Crippen MR) is 81.1 cm³/mol. The van der Waals surface area contributed by atoms with Crippen molar-refractivity contribution in [1.29, 1.82) is 0 Å². The van der Waals surface area contributed by atoms with Crippen molar-refractivity contribution in [2.75, 3.05) is 13.6 Å². The smallest absolute Gasteiger partial charge is 0.123 e. The normalized spacial score (nSPS) is 29.8. The first kappa shape index (κ1) is 14.1. The highest BCUT2D eigenvalue weighted by Crippen LogP contribution is 2.50. The standard InChI is InChI=1S/C18H26FN/c1-20-12-15(8-13-3-6-18(19)7-4-13)11-17-10-14-2-5-16(17)9-14/h3-4,6-7,14-17,20H,2,5,8-12H2,1H3. The molecule has 2 bridgehead atoms. The summed E-state index contributed by atoms with van der Waals surface area (Å²) in [5, 5.41) is 3.34. The van der Waals surface area contributed by atoms with E-state index < -0.39 is 0 Å².